The van der Waals surface area contributed by atoms with Crippen molar-refractivity contribution in [1.82, 2.24) is 5.32 Å². The van der Waals surface area contributed by atoms with Gasteiger partial charge in [0.15, 0.2) is 0 Å². The zero-order valence-corrected chi connectivity index (χ0v) is 9.73. The van der Waals surface area contributed by atoms with Crippen LogP contribution in [0.15, 0.2) is 12.1 Å². The van der Waals surface area contributed by atoms with E-state index in [2.05, 4.69) is 10.6 Å². The van der Waals surface area contributed by atoms with Gasteiger partial charge in [-0.05, 0) is 32.4 Å². The number of anilines is 1. The molecule has 1 unspecified atom stereocenters. The second-order valence-electron chi connectivity index (χ2n) is 3.43. The highest BCUT2D eigenvalue weighted by atomic mass is 32.1. The van der Waals surface area contributed by atoms with Crippen LogP contribution in [-0.4, -0.2) is 23.8 Å². The largest absolute Gasteiger partial charge is 0.393 e. The molecule has 1 heterocycles. The molecule has 0 aromatic carbocycles. The fourth-order valence-electron chi connectivity index (χ4n) is 1.05. The number of hydrogen-bond donors (Lipinski definition) is 3. The molecule has 0 saturated heterocycles. The van der Waals surface area contributed by atoms with Crippen molar-refractivity contribution in [2.75, 3.05) is 11.9 Å². The van der Waals surface area contributed by atoms with Crippen LogP contribution < -0.4 is 10.6 Å². The predicted molar refractivity (Wildman–Crippen MR) is 62.4 cm³/mol. The zero-order chi connectivity index (χ0) is 11.3. The van der Waals surface area contributed by atoms with E-state index >= 15 is 0 Å². The van der Waals surface area contributed by atoms with E-state index < -0.39 is 0 Å². The van der Waals surface area contributed by atoms with Crippen molar-refractivity contribution in [1.29, 1.82) is 0 Å². The second kappa shape index (κ2) is 5.72. The molecule has 5 heteroatoms. The van der Waals surface area contributed by atoms with E-state index in [1.165, 1.54) is 11.3 Å². The van der Waals surface area contributed by atoms with Crippen molar-refractivity contribution in [2.24, 2.45) is 0 Å². The van der Waals surface area contributed by atoms with Crippen molar-refractivity contribution >= 4 is 22.4 Å². The molecule has 84 valence electrons. The first-order valence-electron chi connectivity index (χ1n) is 4.87. The SMILES string of the molecule is Cc1ccc(NC(=O)NCCC(C)O)s1. The quantitative estimate of drug-likeness (QED) is 0.737. The monoisotopic (exact) mass is 228 g/mol. The number of thiophene rings is 1. The van der Waals surface area contributed by atoms with E-state index in [9.17, 15) is 4.79 Å². The lowest BCUT2D eigenvalue weighted by Crippen LogP contribution is -2.30. The lowest BCUT2D eigenvalue weighted by atomic mass is 10.3. The summed E-state index contributed by atoms with van der Waals surface area (Å²) in [6.07, 6.45) is 0.186. The minimum absolute atomic E-state index is 0.225. The summed E-state index contributed by atoms with van der Waals surface area (Å²) in [5.41, 5.74) is 0. The molecule has 1 atom stereocenters. The Labute approximate surface area is 93.3 Å². The van der Waals surface area contributed by atoms with Gasteiger partial charge >= 0.3 is 6.03 Å². The van der Waals surface area contributed by atoms with Gasteiger partial charge in [-0.3, -0.25) is 5.32 Å². The van der Waals surface area contributed by atoms with E-state index in [1.54, 1.807) is 6.92 Å². The Morgan fingerprint density at radius 1 is 1.60 bits per heavy atom. The Morgan fingerprint density at radius 2 is 2.33 bits per heavy atom. The van der Waals surface area contributed by atoms with Crippen molar-refractivity contribution < 1.29 is 9.90 Å². The molecule has 2 amide bonds. The van der Waals surface area contributed by atoms with Crippen LogP contribution in [0.3, 0.4) is 0 Å². The molecule has 4 nitrogen and oxygen atoms in total. The van der Waals surface area contributed by atoms with E-state index in [1.807, 2.05) is 19.1 Å². The van der Waals surface area contributed by atoms with Crippen LogP contribution in [0.5, 0.6) is 0 Å². The Hall–Kier alpha value is -1.07. The second-order valence-corrected chi connectivity index (χ2v) is 4.72. The number of nitrogens with one attached hydrogen (secondary N) is 2. The van der Waals surface area contributed by atoms with E-state index in [-0.39, 0.29) is 12.1 Å². The maximum atomic E-state index is 11.3. The van der Waals surface area contributed by atoms with Crippen LogP contribution in [0, 0.1) is 6.92 Å². The van der Waals surface area contributed by atoms with Gasteiger partial charge < -0.3 is 10.4 Å². The molecule has 0 aliphatic carbocycles. The molecular weight excluding hydrogens is 212 g/mol. The first kappa shape index (κ1) is 12.0. The Kier molecular flexibility index (Phi) is 4.58. The van der Waals surface area contributed by atoms with Gasteiger partial charge in [-0.15, -0.1) is 11.3 Å². The molecule has 0 aliphatic heterocycles. The van der Waals surface area contributed by atoms with E-state index in [0.717, 1.165) is 9.88 Å². The summed E-state index contributed by atoms with van der Waals surface area (Å²) in [4.78, 5) is 12.5. The van der Waals surface area contributed by atoms with Gasteiger partial charge in [0.2, 0.25) is 0 Å². The maximum absolute atomic E-state index is 11.3. The standard InChI is InChI=1S/C10H16N2O2S/c1-7(13)5-6-11-10(14)12-9-4-3-8(2)15-9/h3-4,7,13H,5-6H2,1-2H3,(H2,11,12,14). The lowest BCUT2D eigenvalue weighted by molar-refractivity contribution is 0.184. The van der Waals surface area contributed by atoms with E-state index in [4.69, 9.17) is 5.11 Å². The number of urea groups is 1. The van der Waals surface area contributed by atoms with Crippen LogP contribution >= 0.6 is 11.3 Å². The summed E-state index contributed by atoms with van der Waals surface area (Å²) in [5.74, 6) is 0. The summed E-state index contributed by atoms with van der Waals surface area (Å²) < 4.78 is 0. The van der Waals surface area contributed by atoms with Gasteiger partial charge in [-0.2, -0.15) is 0 Å². The average Bonchev–Trinajstić information content (AvgIpc) is 2.50. The molecule has 1 aromatic heterocycles. The van der Waals surface area contributed by atoms with Gasteiger partial charge in [0.05, 0.1) is 11.1 Å². The smallest absolute Gasteiger partial charge is 0.319 e. The summed E-state index contributed by atoms with van der Waals surface area (Å²) >= 11 is 1.53. The number of amides is 2. The summed E-state index contributed by atoms with van der Waals surface area (Å²) in [5, 5.41) is 15.2. The molecule has 1 aromatic rings. The van der Waals surface area contributed by atoms with Crippen LogP contribution in [0.25, 0.3) is 0 Å². The van der Waals surface area contributed by atoms with Gasteiger partial charge in [-0.25, -0.2) is 4.79 Å². The molecule has 0 fully saturated rings. The summed E-state index contributed by atoms with van der Waals surface area (Å²) in [6, 6.07) is 3.60. The number of rotatable bonds is 4. The molecule has 0 saturated carbocycles. The maximum Gasteiger partial charge on any atom is 0.319 e. The van der Waals surface area contributed by atoms with E-state index in [0.29, 0.717) is 13.0 Å². The number of carbonyl (C=O) groups is 1. The minimum atomic E-state index is -0.380. The first-order chi connectivity index (χ1) is 7.08. The average molecular weight is 228 g/mol. The van der Waals surface area contributed by atoms with Gasteiger partial charge in [0.1, 0.15) is 0 Å². The predicted octanol–water partition coefficient (Wildman–Crippen LogP) is 1.95. The zero-order valence-electron chi connectivity index (χ0n) is 8.91. The number of carbonyl (C=O) groups excluding carboxylic acids is 1. The summed E-state index contributed by atoms with van der Waals surface area (Å²) in [6.45, 7) is 4.16. The minimum Gasteiger partial charge on any atom is -0.393 e. The van der Waals surface area contributed by atoms with Crippen LogP contribution in [-0.2, 0) is 0 Å². The third-order valence-electron chi connectivity index (χ3n) is 1.82. The highest BCUT2D eigenvalue weighted by Gasteiger charge is 2.03. The fourth-order valence-corrected chi connectivity index (χ4v) is 1.82. The third-order valence-corrected chi connectivity index (χ3v) is 2.74. The number of aryl methyl sites for hydroxylation is 1. The molecule has 15 heavy (non-hydrogen) atoms. The van der Waals surface area contributed by atoms with Crippen molar-refractivity contribution in [3.05, 3.63) is 17.0 Å². The first-order valence-corrected chi connectivity index (χ1v) is 5.69. The van der Waals surface area contributed by atoms with Gasteiger partial charge in [0.25, 0.3) is 0 Å². The Bertz CT molecular complexity index is 323. The van der Waals surface area contributed by atoms with Gasteiger partial charge in [0, 0.05) is 11.4 Å². The lowest BCUT2D eigenvalue weighted by Gasteiger charge is -2.06. The highest BCUT2D eigenvalue weighted by molar-refractivity contribution is 7.16. The Balaban J connectivity index is 2.24. The van der Waals surface area contributed by atoms with Crippen molar-refractivity contribution in [3.8, 4) is 0 Å². The van der Waals surface area contributed by atoms with Crippen LogP contribution in [0.4, 0.5) is 9.80 Å². The molecule has 0 radical (unpaired) electrons. The molecular formula is C10H16N2O2S. The normalized spacial score (nSPS) is 12.2. The summed E-state index contributed by atoms with van der Waals surface area (Å²) in [7, 11) is 0. The fraction of sp³-hybridized carbons (Fsp3) is 0.500. The number of hydrogen-bond acceptors (Lipinski definition) is 3. The van der Waals surface area contributed by atoms with Crippen molar-refractivity contribution in [2.45, 2.75) is 26.4 Å². The topological polar surface area (TPSA) is 61.4 Å². The molecule has 1 rings (SSSR count). The number of aliphatic hydroxyl groups is 1. The molecule has 0 bridgehead atoms. The van der Waals surface area contributed by atoms with Crippen LogP contribution in [0.1, 0.15) is 18.2 Å². The molecule has 0 aliphatic rings. The van der Waals surface area contributed by atoms with Gasteiger partial charge in [-0.1, -0.05) is 0 Å². The highest BCUT2D eigenvalue weighted by Crippen LogP contribution is 2.20. The Morgan fingerprint density at radius 3 is 2.87 bits per heavy atom. The molecule has 0 spiro atoms. The number of aliphatic hydroxyl groups excluding tert-OH is 1. The third kappa shape index (κ3) is 4.80. The molecule has 3 N–H and O–H groups in total. The van der Waals surface area contributed by atoms with Crippen molar-refractivity contribution in [3.63, 3.8) is 0 Å². The van der Waals surface area contributed by atoms with Crippen LogP contribution in [0.2, 0.25) is 0 Å².